The molecule has 0 aliphatic heterocycles. The summed E-state index contributed by atoms with van der Waals surface area (Å²) < 4.78 is 1.05. The van der Waals surface area contributed by atoms with Crippen LogP contribution in [0.2, 0.25) is 0 Å². The molecule has 1 aromatic rings. The molecule has 1 aromatic heterocycles. The van der Waals surface area contributed by atoms with E-state index in [1.54, 1.807) is 0 Å². The Labute approximate surface area is 135 Å². The van der Waals surface area contributed by atoms with E-state index in [1.165, 1.54) is 43.6 Å². The van der Waals surface area contributed by atoms with Gasteiger partial charge in [0.15, 0.2) is 0 Å². The summed E-state index contributed by atoms with van der Waals surface area (Å²) in [5.74, 6) is 1.20. The van der Waals surface area contributed by atoms with Gasteiger partial charge in [0.1, 0.15) is 0 Å². The van der Waals surface area contributed by atoms with Crippen molar-refractivity contribution < 1.29 is 0 Å². The zero-order valence-electron chi connectivity index (χ0n) is 12.3. The average Bonchev–Trinajstić information content (AvgIpc) is 2.48. The fourth-order valence-electron chi connectivity index (χ4n) is 2.74. The van der Waals surface area contributed by atoms with Gasteiger partial charge in [0.2, 0.25) is 0 Å². The molecule has 4 heteroatoms. The highest BCUT2D eigenvalue weighted by Crippen LogP contribution is 2.28. The van der Waals surface area contributed by atoms with Crippen LogP contribution in [0.3, 0.4) is 0 Å². The highest BCUT2D eigenvalue weighted by Gasteiger charge is 2.17. The molecule has 0 spiro atoms. The second-order valence-electron chi connectivity index (χ2n) is 5.52. The van der Waals surface area contributed by atoms with Crippen LogP contribution in [0.25, 0.3) is 0 Å². The van der Waals surface area contributed by atoms with Crippen LogP contribution >= 0.6 is 27.7 Å². The molecule has 1 N–H and O–H groups in total. The minimum atomic E-state index is 0.542. The molecule has 0 saturated heterocycles. The summed E-state index contributed by atoms with van der Waals surface area (Å²) in [5, 5.41) is 4.50. The maximum atomic E-state index is 4.50. The molecular weight excluding hydrogens is 332 g/mol. The molecule has 0 amide bonds. The number of rotatable bonds is 7. The average molecular weight is 357 g/mol. The van der Waals surface area contributed by atoms with Gasteiger partial charge in [0, 0.05) is 39.8 Å². The van der Waals surface area contributed by atoms with Gasteiger partial charge in [-0.3, -0.25) is 4.98 Å². The van der Waals surface area contributed by atoms with Gasteiger partial charge in [-0.25, -0.2) is 0 Å². The molecule has 1 aliphatic rings. The van der Waals surface area contributed by atoms with E-state index in [0.717, 1.165) is 22.7 Å². The lowest BCUT2D eigenvalue weighted by Gasteiger charge is -2.24. The number of likely N-dealkylation sites (N-methyl/N-ethyl adjacent to an activating group) is 1. The summed E-state index contributed by atoms with van der Waals surface area (Å²) in [6, 6.07) is 4.75. The lowest BCUT2D eigenvalue weighted by Crippen LogP contribution is -2.34. The first-order valence-corrected chi connectivity index (χ1v) is 9.57. The predicted molar refractivity (Wildman–Crippen MR) is 92.4 cm³/mol. The van der Waals surface area contributed by atoms with Crippen LogP contribution in [-0.2, 0) is 6.42 Å². The van der Waals surface area contributed by atoms with Crippen LogP contribution in [0.1, 0.15) is 44.7 Å². The number of nitrogens with one attached hydrogen (secondary N) is 1. The van der Waals surface area contributed by atoms with Crippen molar-refractivity contribution in [1.82, 2.24) is 10.3 Å². The Morgan fingerprint density at radius 2 is 2.15 bits per heavy atom. The van der Waals surface area contributed by atoms with E-state index in [0.29, 0.717) is 6.04 Å². The van der Waals surface area contributed by atoms with Crippen molar-refractivity contribution in [3.8, 4) is 0 Å². The van der Waals surface area contributed by atoms with E-state index in [4.69, 9.17) is 0 Å². The molecular formula is C16H25BrN2S. The number of nitrogens with zero attached hydrogens (tertiary/aromatic N) is 1. The summed E-state index contributed by atoms with van der Waals surface area (Å²) in [6.45, 7) is 3.22. The molecule has 112 valence electrons. The third-order valence-corrected chi connectivity index (χ3v) is 5.83. The quantitative estimate of drug-likeness (QED) is 0.781. The summed E-state index contributed by atoms with van der Waals surface area (Å²) in [5.41, 5.74) is 1.18. The highest BCUT2D eigenvalue weighted by atomic mass is 79.9. The third kappa shape index (κ3) is 5.74. The van der Waals surface area contributed by atoms with Gasteiger partial charge in [-0.2, -0.15) is 11.8 Å². The smallest absolute Gasteiger partial charge is 0.0420 e. The van der Waals surface area contributed by atoms with Crippen LogP contribution in [0, 0.1) is 0 Å². The number of aromatic nitrogens is 1. The summed E-state index contributed by atoms with van der Waals surface area (Å²) in [6.07, 6.45) is 10.1. The van der Waals surface area contributed by atoms with Crippen molar-refractivity contribution in [3.63, 3.8) is 0 Å². The number of hydrogen-bond donors (Lipinski definition) is 1. The molecule has 1 fully saturated rings. The zero-order valence-corrected chi connectivity index (χ0v) is 14.7. The number of halogens is 1. The van der Waals surface area contributed by atoms with E-state index in [9.17, 15) is 0 Å². The molecule has 0 aromatic carbocycles. The van der Waals surface area contributed by atoms with Gasteiger partial charge in [-0.1, -0.05) is 26.2 Å². The van der Waals surface area contributed by atoms with E-state index in [-0.39, 0.29) is 0 Å². The van der Waals surface area contributed by atoms with Crippen molar-refractivity contribution in [1.29, 1.82) is 0 Å². The Hall–Kier alpha value is -0.0600. The minimum absolute atomic E-state index is 0.542. The molecule has 1 heterocycles. The standard InChI is InChI=1S/C16H25BrN2S/c1-2-18-15(10-14-9-8-13(17)11-19-14)12-20-16-6-4-3-5-7-16/h8-9,11,15-16,18H,2-7,10,12H2,1H3. The van der Waals surface area contributed by atoms with Crippen molar-refractivity contribution in [2.45, 2.75) is 56.7 Å². The minimum Gasteiger partial charge on any atom is -0.313 e. The Morgan fingerprint density at radius 1 is 1.35 bits per heavy atom. The van der Waals surface area contributed by atoms with Crippen molar-refractivity contribution in [3.05, 3.63) is 28.5 Å². The molecule has 1 atom stereocenters. The maximum absolute atomic E-state index is 4.50. The topological polar surface area (TPSA) is 24.9 Å². The molecule has 20 heavy (non-hydrogen) atoms. The molecule has 0 radical (unpaired) electrons. The monoisotopic (exact) mass is 356 g/mol. The SMILES string of the molecule is CCNC(CSC1CCCCC1)Cc1ccc(Br)cn1. The van der Waals surface area contributed by atoms with Crippen LogP contribution in [0.15, 0.2) is 22.8 Å². The molecule has 1 aliphatic carbocycles. The van der Waals surface area contributed by atoms with Crippen molar-refractivity contribution in [2.75, 3.05) is 12.3 Å². The first kappa shape index (κ1) is 16.3. The number of hydrogen-bond acceptors (Lipinski definition) is 3. The van der Waals surface area contributed by atoms with Gasteiger partial charge in [-0.05, 0) is 47.4 Å². The lowest BCUT2D eigenvalue weighted by atomic mass is 10.0. The Morgan fingerprint density at radius 3 is 2.80 bits per heavy atom. The summed E-state index contributed by atoms with van der Waals surface area (Å²) in [7, 11) is 0. The highest BCUT2D eigenvalue weighted by molar-refractivity contribution is 9.10. The molecule has 0 bridgehead atoms. The van der Waals surface area contributed by atoms with E-state index in [1.807, 2.05) is 6.20 Å². The van der Waals surface area contributed by atoms with Crippen LogP contribution in [-0.4, -0.2) is 28.6 Å². The van der Waals surface area contributed by atoms with Gasteiger partial charge >= 0.3 is 0 Å². The molecule has 1 saturated carbocycles. The largest absolute Gasteiger partial charge is 0.313 e. The predicted octanol–water partition coefficient (Wildman–Crippen LogP) is 4.43. The van der Waals surface area contributed by atoms with Crippen LogP contribution in [0.5, 0.6) is 0 Å². The van der Waals surface area contributed by atoms with Gasteiger partial charge < -0.3 is 5.32 Å². The first-order valence-electron chi connectivity index (χ1n) is 7.73. The zero-order chi connectivity index (χ0) is 14.2. The summed E-state index contributed by atoms with van der Waals surface area (Å²) in [4.78, 5) is 4.50. The Bertz CT molecular complexity index is 377. The van der Waals surface area contributed by atoms with E-state index >= 15 is 0 Å². The van der Waals surface area contributed by atoms with E-state index in [2.05, 4.69) is 57.0 Å². The second-order valence-corrected chi connectivity index (χ2v) is 7.77. The van der Waals surface area contributed by atoms with Crippen LogP contribution < -0.4 is 5.32 Å². The van der Waals surface area contributed by atoms with Crippen molar-refractivity contribution in [2.24, 2.45) is 0 Å². The van der Waals surface area contributed by atoms with E-state index < -0.39 is 0 Å². The third-order valence-electron chi connectivity index (χ3n) is 3.82. The second kappa shape index (κ2) is 9.06. The van der Waals surface area contributed by atoms with Gasteiger partial charge in [-0.15, -0.1) is 0 Å². The van der Waals surface area contributed by atoms with Crippen molar-refractivity contribution >= 4 is 27.7 Å². The summed E-state index contributed by atoms with van der Waals surface area (Å²) >= 11 is 5.61. The molecule has 1 unspecified atom stereocenters. The van der Waals surface area contributed by atoms with Crippen LogP contribution in [0.4, 0.5) is 0 Å². The molecule has 2 rings (SSSR count). The normalized spacial score (nSPS) is 18.1. The Kier molecular flexibility index (Phi) is 7.39. The number of pyridine rings is 1. The maximum Gasteiger partial charge on any atom is 0.0420 e. The molecule has 2 nitrogen and oxygen atoms in total. The fourth-order valence-corrected chi connectivity index (χ4v) is 4.38. The fraction of sp³-hybridized carbons (Fsp3) is 0.688. The van der Waals surface area contributed by atoms with Gasteiger partial charge in [0.25, 0.3) is 0 Å². The number of thioether (sulfide) groups is 1. The lowest BCUT2D eigenvalue weighted by molar-refractivity contribution is 0.512. The first-order chi connectivity index (χ1) is 9.78. The van der Waals surface area contributed by atoms with Gasteiger partial charge in [0.05, 0.1) is 0 Å². The Balaban J connectivity index is 1.81.